The Morgan fingerprint density at radius 1 is 1.15 bits per heavy atom. The average Bonchev–Trinajstić information content (AvgIpc) is 3.09. The lowest BCUT2D eigenvalue weighted by Gasteiger charge is -2.06. The summed E-state index contributed by atoms with van der Waals surface area (Å²) in [6.07, 6.45) is 2.48. The summed E-state index contributed by atoms with van der Waals surface area (Å²) in [5.74, 6) is 1.23. The van der Waals surface area contributed by atoms with Crippen molar-refractivity contribution in [3.63, 3.8) is 0 Å². The first-order valence-electron chi connectivity index (χ1n) is 8.88. The fourth-order valence-corrected chi connectivity index (χ4v) is 2.72. The molecule has 0 aliphatic heterocycles. The van der Waals surface area contributed by atoms with Crippen LogP contribution in [0.1, 0.15) is 48.8 Å². The minimum Gasteiger partial charge on any atom is -0.380 e. The van der Waals surface area contributed by atoms with Crippen LogP contribution in [-0.2, 0) is 19.4 Å². The van der Waals surface area contributed by atoms with Crippen LogP contribution in [0.5, 0.6) is 0 Å². The first-order valence-corrected chi connectivity index (χ1v) is 8.88. The number of rotatable bonds is 8. The van der Waals surface area contributed by atoms with Crippen molar-refractivity contribution in [2.75, 3.05) is 0 Å². The van der Waals surface area contributed by atoms with Gasteiger partial charge in [-0.2, -0.15) is 10.2 Å². The third-order valence-corrected chi connectivity index (χ3v) is 4.19. The second kappa shape index (κ2) is 8.53. The summed E-state index contributed by atoms with van der Waals surface area (Å²) in [7, 11) is 0. The van der Waals surface area contributed by atoms with E-state index in [-0.39, 0.29) is 5.56 Å². The van der Waals surface area contributed by atoms with Gasteiger partial charge in [0.15, 0.2) is 5.82 Å². The van der Waals surface area contributed by atoms with Crippen LogP contribution in [-0.4, -0.2) is 30.1 Å². The minimum atomic E-state index is -0.843. The summed E-state index contributed by atoms with van der Waals surface area (Å²) < 4.78 is 1.87. The van der Waals surface area contributed by atoms with E-state index in [0.29, 0.717) is 18.7 Å². The van der Waals surface area contributed by atoms with Crippen LogP contribution in [0.3, 0.4) is 0 Å². The van der Waals surface area contributed by atoms with Crippen LogP contribution in [0, 0.1) is 0 Å². The Hall–Kier alpha value is -2.80. The predicted molar refractivity (Wildman–Crippen MR) is 97.7 cm³/mol. The molecule has 3 rings (SSSR count). The molecule has 0 fully saturated rings. The highest BCUT2D eigenvalue weighted by molar-refractivity contribution is 5.22. The number of nitrogens with zero attached hydrogens (tertiary/aromatic N) is 4. The number of H-pyrrole nitrogens is 1. The maximum atomic E-state index is 11.1. The summed E-state index contributed by atoms with van der Waals surface area (Å²) in [6.45, 7) is 2.89. The normalized spacial score (nSPS) is 12.2. The molecule has 1 atom stereocenters. The summed E-state index contributed by atoms with van der Waals surface area (Å²) in [6, 6.07) is 12.6. The number of aliphatic hydroxyl groups is 1. The van der Waals surface area contributed by atoms with Gasteiger partial charge in [0.05, 0.1) is 5.69 Å². The third kappa shape index (κ3) is 4.43. The van der Waals surface area contributed by atoms with Crippen molar-refractivity contribution in [3.05, 3.63) is 75.7 Å². The van der Waals surface area contributed by atoms with E-state index in [1.807, 2.05) is 35.0 Å². The Bertz CT molecular complexity index is 868. The number of benzene rings is 1. The zero-order valence-electron chi connectivity index (χ0n) is 14.8. The van der Waals surface area contributed by atoms with E-state index < -0.39 is 6.10 Å². The minimum absolute atomic E-state index is 0.215. The number of aromatic amines is 1. The molecule has 2 N–H and O–H groups in total. The van der Waals surface area contributed by atoms with E-state index in [2.05, 4.69) is 27.2 Å². The average molecular weight is 353 g/mol. The number of nitrogens with one attached hydrogen (secondary N) is 1. The quantitative estimate of drug-likeness (QED) is 0.646. The summed E-state index contributed by atoms with van der Waals surface area (Å²) in [4.78, 5) is 15.7. The number of aromatic nitrogens is 5. The van der Waals surface area contributed by atoms with Crippen molar-refractivity contribution in [3.8, 4) is 0 Å². The van der Waals surface area contributed by atoms with Crippen LogP contribution in [0.25, 0.3) is 0 Å². The predicted octanol–water partition coefficient (Wildman–Crippen LogP) is 2.03. The standard InChI is InChI=1S/C19H23N5O2/c1-2-3-13-24-16(11-9-15-10-12-17(25)22-21-15)20-19(23-24)18(26)14-7-5-4-6-8-14/h4-8,10,12,18,26H,2-3,9,11,13H2,1H3,(H,22,25)/t18-/m1/s1. The van der Waals surface area contributed by atoms with Gasteiger partial charge in [0.1, 0.15) is 11.9 Å². The van der Waals surface area contributed by atoms with Gasteiger partial charge in [0.2, 0.25) is 0 Å². The molecule has 0 spiro atoms. The Kier molecular flexibility index (Phi) is 5.91. The molecular formula is C19H23N5O2. The van der Waals surface area contributed by atoms with E-state index >= 15 is 0 Å². The molecule has 0 saturated carbocycles. The van der Waals surface area contributed by atoms with Crippen molar-refractivity contribution in [2.45, 2.75) is 45.3 Å². The molecular weight excluding hydrogens is 330 g/mol. The molecule has 0 radical (unpaired) electrons. The highest BCUT2D eigenvalue weighted by atomic mass is 16.3. The summed E-state index contributed by atoms with van der Waals surface area (Å²) in [5.41, 5.74) is 1.35. The Morgan fingerprint density at radius 2 is 1.96 bits per heavy atom. The van der Waals surface area contributed by atoms with E-state index in [1.54, 1.807) is 6.07 Å². The summed E-state index contributed by atoms with van der Waals surface area (Å²) in [5, 5.41) is 21.6. The molecule has 2 heterocycles. The van der Waals surface area contributed by atoms with E-state index in [4.69, 9.17) is 0 Å². The zero-order chi connectivity index (χ0) is 18.4. The van der Waals surface area contributed by atoms with E-state index in [0.717, 1.165) is 36.5 Å². The van der Waals surface area contributed by atoms with Crippen LogP contribution in [0.2, 0.25) is 0 Å². The fourth-order valence-electron chi connectivity index (χ4n) is 2.72. The third-order valence-electron chi connectivity index (χ3n) is 4.19. The molecule has 3 aromatic rings. The van der Waals surface area contributed by atoms with Gasteiger partial charge < -0.3 is 5.11 Å². The van der Waals surface area contributed by atoms with Crippen LogP contribution in [0.15, 0.2) is 47.3 Å². The molecule has 26 heavy (non-hydrogen) atoms. The van der Waals surface area contributed by atoms with Gasteiger partial charge in [0.25, 0.3) is 5.56 Å². The second-order valence-corrected chi connectivity index (χ2v) is 6.19. The van der Waals surface area contributed by atoms with Crippen molar-refractivity contribution in [1.82, 2.24) is 25.0 Å². The number of aryl methyl sites for hydroxylation is 3. The van der Waals surface area contributed by atoms with Crippen LogP contribution in [0.4, 0.5) is 0 Å². The molecule has 0 amide bonds. The van der Waals surface area contributed by atoms with Gasteiger partial charge in [-0.15, -0.1) is 0 Å². The maximum Gasteiger partial charge on any atom is 0.264 e. The molecule has 0 aliphatic carbocycles. The van der Waals surface area contributed by atoms with Crippen molar-refractivity contribution >= 4 is 0 Å². The Morgan fingerprint density at radius 3 is 2.65 bits per heavy atom. The van der Waals surface area contributed by atoms with Gasteiger partial charge in [-0.05, 0) is 24.5 Å². The van der Waals surface area contributed by atoms with Gasteiger partial charge >= 0.3 is 0 Å². The Balaban J connectivity index is 1.79. The Labute approximate surface area is 151 Å². The largest absolute Gasteiger partial charge is 0.380 e. The molecule has 136 valence electrons. The van der Waals surface area contributed by atoms with Gasteiger partial charge in [-0.3, -0.25) is 4.79 Å². The first-order chi connectivity index (χ1) is 12.7. The second-order valence-electron chi connectivity index (χ2n) is 6.19. The lowest BCUT2D eigenvalue weighted by atomic mass is 10.1. The zero-order valence-corrected chi connectivity index (χ0v) is 14.8. The topological polar surface area (TPSA) is 96.7 Å². The number of aliphatic hydroxyl groups excluding tert-OH is 1. The van der Waals surface area contributed by atoms with Gasteiger partial charge in [-0.25, -0.2) is 14.8 Å². The molecule has 0 unspecified atom stereocenters. The van der Waals surface area contributed by atoms with Gasteiger partial charge in [0, 0.05) is 19.0 Å². The van der Waals surface area contributed by atoms with E-state index in [1.165, 1.54) is 6.07 Å². The highest BCUT2D eigenvalue weighted by Gasteiger charge is 2.18. The molecule has 1 aromatic carbocycles. The smallest absolute Gasteiger partial charge is 0.264 e. The van der Waals surface area contributed by atoms with Crippen molar-refractivity contribution in [2.24, 2.45) is 0 Å². The van der Waals surface area contributed by atoms with E-state index in [9.17, 15) is 9.90 Å². The highest BCUT2D eigenvalue weighted by Crippen LogP contribution is 2.19. The first kappa shape index (κ1) is 18.0. The lowest BCUT2D eigenvalue weighted by Crippen LogP contribution is -2.10. The molecule has 0 bridgehead atoms. The summed E-state index contributed by atoms with van der Waals surface area (Å²) >= 11 is 0. The lowest BCUT2D eigenvalue weighted by molar-refractivity contribution is 0.209. The van der Waals surface area contributed by atoms with Crippen LogP contribution < -0.4 is 5.56 Å². The maximum absolute atomic E-state index is 11.1. The van der Waals surface area contributed by atoms with Crippen molar-refractivity contribution in [1.29, 1.82) is 0 Å². The molecule has 2 aromatic heterocycles. The molecule has 0 saturated heterocycles. The SMILES string of the molecule is CCCCn1nc([C@H](O)c2ccccc2)nc1CCc1ccc(=O)[nH]n1. The monoisotopic (exact) mass is 353 g/mol. The molecule has 7 nitrogen and oxygen atoms in total. The fraction of sp³-hybridized carbons (Fsp3) is 0.368. The van der Waals surface area contributed by atoms with Crippen molar-refractivity contribution < 1.29 is 5.11 Å². The number of hydrogen-bond donors (Lipinski definition) is 2. The molecule has 7 heteroatoms. The molecule has 0 aliphatic rings. The number of unbranched alkanes of at least 4 members (excludes halogenated alkanes) is 1. The van der Waals surface area contributed by atoms with Crippen LogP contribution >= 0.6 is 0 Å². The van der Waals surface area contributed by atoms with Gasteiger partial charge in [-0.1, -0.05) is 43.7 Å². The number of hydrogen-bond acceptors (Lipinski definition) is 5.